The summed E-state index contributed by atoms with van der Waals surface area (Å²) in [5.41, 5.74) is 2.79. The highest BCUT2D eigenvalue weighted by atomic mass is 19.1. The predicted octanol–water partition coefficient (Wildman–Crippen LogP) is 6.62. The van der Waals surface area contributed by atoms with Crippen molar-refractivity contribution in [1.82, 2.24) is 15.1 Å². The van der Waals surface area contributed by atoms with E-state index in [1.165, 1.54) is 32.1 Å². The Morgan fingerprint density at radius 1 is 0.955 bits per heavy atom. The number of halogens is 1. The molecule has 3 saturated heterocycles. The molecule has 1 amide bonds. The number of hydrogen-bond acceptors (Lipinski definition) is 5. The molecule has 0 spiro atoms. The molecule has 4 aliphatic rings. The van der Waals surface area contributed by atoms with E-state index in [0.29, 0.717) is 17.6 Å². The average molecular weight is 602 g/mol. The lowest BCUT2D eigenvalue weighted by Crippen LogP contribution is -2.59. The summed E-state index contributed by atoms with van der Waals surface area (Å²) >= 11 is 0. The predicted molar refractivity (Wildman–Crippen MR) is 173 cm³/mol. The van der Waals surface area contributed by atoms with Gasteiger partial charge in [-0.05, 0) is 119 Å². The zero-order chi connectivity index (χ0) is 30.5. The minimum atomic E-state index is -0.362. The Hall–Kier alpha value is -3.15. The Bertz CT molecular complexity index is 1300. The molecule has 3 heterocycles. The zero-order valence-electron chi connectivity index (χ0n) is 26.2. The number of hydrogen-bond donors (Lipinski definition) is 1. The van der Waals surface area contributed by atoms with Crippen molar-refractivity contribution >= 4 is 17.5 Å². The fourth-order valence-electron chi connectivity index (χ4n) is 8.96. The van der Waals surface area contributed by atoms with E-state index >= 15 is 0 Å². The van der Waals surface area contributed by atoms with Crippen molar-refractivity contribution in [2.75, 3.05) is 57.8 Å². The van der Waals surface area contributed by atoms with Crippen molar-refractivity contribution in [1.29, 1.82) is 0 Å². The number of carbonyl (C=O) groups excluding carboxylic acids is 1. The molecule has 1 aliphatic carbocycles. The molecule has 0 bridgehead atoms. The van der Waals surface area contributed by atoms with Gasteiger partial charge >= 0.3 is 6.09 Å². The fourth-order valence-corrected chi connectivity index (χ4v) is 8.96. The third-order valence-electron chi connectivity index (χ3n) is 11.3. The van der Waals surface area contributed by atoms with Crippen LogP contribution in [0.2, 0.25) is 0 Å². The van der Waals surface area contributed by atoms with Crippen LogP contribution in [-0.2, 0) is 10.2 Å². The lowest BCUT2D eigenvalue weighted by atomic mass is 9.57. The molecule has 0 radical (unpaired) electrons. The molecule has 1 unspecified atom stereocenters. The summed E-state index contributed by atoms with van der Waals surface area (Å²) in [5, 5.41) is 3.21. The molecule has 7 nitrogen and oxygen atoms in total. The maximum atomic E-state index is 15.0. The Morgan fingerprint density at radius 2 is 1.75 bits per heavy atom. The number of ether oxygens (including phenoxy) is 1. The minimum Gasteiger partial charge on any atom is -0.453 e. The van der Waals surface area contributed by atoms with Crippen LogP contribution in [0.1, 0.15) is 63.4 Å². The summed E-state index contributed by atoms with van der Waals surface area (Å²) in [5.74, 6) is 0.478. The topological polar surface area (TPSA) is 52.4 Å². The molecule has 6 rings (SSSR count). The van der Waals surface area contributed by atoms with E-state index in [1.807, 2.05) is 18.2 Å². The van der Waals surface area contributed by atoms with Gasteiger partial charge in [-0.15, -0.1) is 0 Å². The monoisotopic (exact) mass is 601 g/mol. The third-order valence-corrected chi connectivity index (χ3v) is 11.3. The van der Waals surface area contributed by atoms with Crippen molar-refractivity contribution in [3.63, 3.8) is 0 Å². The summed E-state index contributed by atoms with van der Waals surface area (Å²) in [4.78, 5) is 23.8. The van der Waals surface area contributed by atoms with Crippen LogP contribution >= 0.6 is 0 Å². The molecule has 44 heavy (non-hydrogen) atoms. The number of nitrogens with one attached hydrogen (secondary N) is 1. The maximum absolute atomic E-state index is 15.0. The van der Waals surface area contributed by atoms with Crippen LogP contribution in [0.5, 0.6) is 0 Å². The van der Waals surface area contributed by atoms with Crippen LogP contribution in [0.15, 0.2) is 48.5 Å². The van der Waals surface area contributed by atoms with Gasteiger partial charge in [-0.1, -0.05) is 30.7 Å². The highest BCUT2D eigenvalue weighted by Crippen LogP contribution is 2.51. The molecule has 1 N–H and O–H groups in total. The second-order valence-corrected chi connectivity index (χ2v) is 13.5. The Labute approximate surface area is 262 Å². The first kappa shape index (κ1) is 30.9. The van der Waals surface area contributed by atoms with Gasteiger partial charge in [0.1, 0.15) is 5.82 Å². The summed E-state index contributed by atoms with van der Waals surface area (Å²) < 4.78 is 20.0. The summed E-state index contributed by atoms with van der Waals surface area (Å²) in [6.45, 7) is 14.6. The van der Waals surface area contributed by atoms with E-state index in [2.05, 4.69) is 43.1 Å². The number of piperidine rings is 1. The van der Waals surface area contributed by atoms with Gasteiger partial charge in [0, 0.05) is 42.8 Å². The molecule has 0 aromatic heterocycles. The highest BCUT2D eigenvalue weighted by molar-refractivity contribution is 5.67. The van der Waals surface area contributed by atoms with E-state index in [0.717, 1.165) is 89.9 Å². The van der Waals surface area contributed by atoms with Gasteiger partial charge in [-0.3, -0.25) is 0 Å². The van der Waals surface area contributed by atoms with Crippen molar-refractivity contribution in [2.24, 2.45) is 11.8 Å². The van der Waals surface area contributed by atoms with E-state index in [9.17, 15) is 9.18 Å². The largest absolute Gasteiger partial charge is 0.453 e. The Balaban J connectivity index is 1.21. The first-order chi connectivity index (χ1) is 21.5. The average Bonchev–Trinajstić information content (AvgIpc) is 3.35. The summed E-state index contributed by atoms with van der Waals surface area (Å²) in [6.07, 6.45) is 9.59. The molecule has 1 saturated carbocycles. The number of anilines is 1. The van der Waals surface area contributed by atoms with Crippen LogP contribution < -0.4 is 10.2 Å². The Morgan fingerprint density at radius 3 is 2.43 bits per heavy atom. The van der Waals surface area contributed by atoms with Crippen molar-refractivity contribution < 1.29 is 13.9 Å². The SMILES string of the molecule is [C-]#[N+]c1ccc(N2CCCC(N3CCC([C@@](CN4CCC4)(c4cccc(F)c4)[C@H]4CCC[C@@H]4NC(=O)OC)CC3)CC2)cc1. The van der Waals surface area contributed by atoms with Crippen LogP contribution in [-0.4, -0.2) is 80.9 Å². The number of methoxy groups -OCH3 is 1. The molecule has 2 aromatic rings. The number of amides is 1. The lowest BCUT2D eigenvalue weighted by molar-refractivity contribution is 0.0164. The van der Waals surface area contributed by atoms with Crippen LogP contribution in [0.25, 0.3) is 4.85 Å². The first-order valence-electron chi connectivity index (χ1n) is 16.8. The van der Waals surface area contributed by atoms with E-state index < -0.39 is 0 Å². The second kappa shape index (κ2) is 13.9. The molecule has 3 aliphatic heterocycles. The summed E-state index contributed by atoms with van der Waals surface area (Å²) in [6, 6.07) is 16.0. The van der Waals surface area contributed by atoms with Gasteiger partial charge < -0.3 is 24.8 Å². The number of carbonyl (C=O) groups is 1. The smallest absolute Gasteiger partial charge is 0.407 e. The molecule has 8 heteroatoms. The lowest BCUT2D eigenvalue weighted by Gasteiger charge is -2.54. The molecular weight excluding hydrogens is 553 g/mol. The third kappa shape index (κ3) is 6.46. The van der Waals surface area contributed by atoms with Gasteiger partial charge in [0.15, 0.2) is 5.69 Å². The van der Waals surface area contributed by atoms with Gasteiger partial charge in [-0.2, -0.15) is 0 Å². The van der Waals surface area contributed by atoms with Gasteiger partial charge in [0.25, 0.3) is 0 Å². The number of nitrogens with zero attached hydrogens (tertiary/aromatic N) is 4. The second-order valence-electron chi connectivity index (χ2n) is 13.5. The Kier molecular flexibility index (Phi) is 9.73. The van der Waals surface area contributed by atoms with E-state index in [1.54, 1.807) is 12.1 Å². The number of benzene rings is 2. The molecule has 4 atom stereocenters. The van der Waals surface area contributed by atoms with Crippen molar-refractivity contribution in [3.8, 4) is 0 Å². The van der Waals surface area contributed by atoms with Crippen molar-refractivity contribution in [2.45, 2.75) is 75.3 Å². The fraction of sp³-hybridized carbons (Fsp3) is 0.611. The molecule has 236 valence electrons. The number of alkyl carbamates (subject to hydrolysis) is 1. The normalized spacial score (nSPS) is 26.7. The zero-order valence-corrected chi connectivity index (χ0v) is 26.2. The van der Waals surface area contributed by atoms with Gasteiger partial charge in [-0.25, -0.2) is 14.0 Å². The van der Waals surface area contributed by atoms with Crippen LogP contribution in [0, 0.1) is 24.2 Å². The highest BCUT2D eigenvalue weighted by Gasteiger charge is 2.53. The van der Waals surface area contributed by atoms with E-state index in [-0.39, 0.29) is 29.3 Å². The van der Waals surface area contributed by atoms with Crippen molar-refractivity contribution in [3.05, 3.63) is 71.3 Å². The standard InChI is InChI=1S/C36H48FN5O2/c1-38-30-12-14-32(15-13-30)41-21-5-9-31(18-24-41)42-22-16-27(17-23-42)36(26-40-19-6-20-40,28-7-3-8-29(37)25-28)33-10-4-11-34(33)39-35(43)44-2/h3,7-8,12-15,25,27,31,33-34H,4-6,9-11,16-24,26H2,2H3,(H,39,43)/t31?,33-,34-,36-/m0/s1. The van der Waals surface area contributed by atoms with Crippen LogP contribution in [0.4, 0.5) is 20.6 Å². The van der Waals surface area contributed by atoms with Gasteiger partial charge in [0.05, 0.1) is 13.7 Å². The number of rotatable bonds is 8. The molecule has 4 fully saturated rings. The maximum Gasteiger partial charge on any atom is 0.407 e. The minimum absolute atomic E-state index is 0.0294. The molecular formula is C36H48FN5O2. The van der Waals surface area contributed by atoms with Crippen LogP contribution in [0.3, 0.4) is 0 Å². The quantitative estimate of drug-likeness (QED) is 0.345. The summed E-state index contributed by atoms with van der Waals surface area (Å²) in [7, 11) is 1.44. The van der Waals surface area contributed by atoms with Gasteiger partial charge in [0.2, 0.25) is 0 Å². The molecule has 2 aromatic carbocycles. The first-order valence-corrected chi connectivity index (χ1v) is 16.8. The van der Waals surface area contributed by atoms with E-state index in [4.69, 9.17) is 11.3 Å². The number of likely N-dealkylation sites (tertiary alicyclic amines) is 2.